The van der Waals surface area contributed by atoms with Crippen LogP contribution in [0.2, 0.25) is 0 Å². The molecule has 0 aromatic carbocycles. The first-order valence-corrected chi connectivity index (χ1v) is 6.48. The normalized spacial score (nSPS) is 19.8. The fourth-order valence-corrected chi connectivity index (χ4v) is 2.43. The number of aromatic nitrogens is 3. The second-order valence-corrected chi connectivity index (χ2v) is 4.61. The van der Waals surface area contributed by atoms with Gasteiger partial charge in [0.25, 0.3) is 5.91 Å². The maximum absolute atomic E-state index is 12.7. The molecule has 2 aromatic rings. The number of hydrogen-bond donors (Lipinski definition) is 0. The molecule has 0 spiro atoms. The lowest BCUT2D eigenvalue weighted by atomic mass is 10.1. The van der Waals surface area contributed by atoms with Crippen LogP contribution in [-0.2, 0) is 4.74 Å². The number of fused-ring (bicyclic) bond motifs is 1. The van der Waals surface area contributed by atoms with E-state index in [4.69, 9.17) is 4.74 Å². The van der Waals surface area contributed by atoms with Gasteiger partial charge in [-0.3, -0.25) is 9.20 Å². The van der Waals surface area contributed by atoms with Crippen LogP contribution in [0.4, 0.5) is 0 Å². The van der Waals surface area contributed by atoms with Crippen molar-refractivity contribution in [1.29, 1.82) is 0 Å². The number of hydrogen-bond acceptors (Lipinski definition) is 4. The number of ether oxygens (including phenoxy) is 1. The van der Waals surface area contributed by atoms with E-state index < -0.39 is 0 Å². The Labute approximate surface area is 111 Å². The molecule has 1 unspecified atom stereocenters. The summed E-state index contributed by atoms with van der Waals surface area (Å²) in [4.78, 5) is 14.6. The molecule has 1 saturated heterocycles. The fraction of sp³-hybridized carbons (Fsp3) is 0.462. The first-order valence-electron chi connectivity index (χ1n) is 6.48. The second-order valence-electron chi connectivity index (χ2n) is 4.61. The highest BCUT2D eigenvalue weighted by atomic mass is 16.5. The summed E-state index contributed by atoms with van der Waals surface area (Å²) in [5.74, 6) is 0.0144. The van der Waals surface area contributed by atoms with Gasteiger partial charge in [0.05, 0.1) is 19.3 Å². The van der Waals surface area contributed by atoms with E-state index in [9.17, 15) is 4.79 Å². The SMILES string of the molecule is CCC1COCCN1C(=O)c1cccc2nncn12. The Bertz CT molecular complexity index is 595. The molecule has 100 valence electrons. The first-order chi connectivity index (χ1) is 9.31. The van der Waals surface area contributed by atoms with Gasteiger partial charge in [0.15, 0.2) is 5.65 Å². The van der Waals surface area contributed by atoms with E-state index in [2.05, 4.69) is 17.1 Å². The summed E-state index contributed by atoms with van der Waals surface area (Å²) in [7, 11) is 0. The van der Waals surface area contributed by atoms with E-state index in [1.165, 1.54) is 0 Å². The molecule has 0 saturated carbocycles. The topological polar surface area (TPSA) is 59.7 Å². The zero-order valence-electron chi connectivity index (χ0n) is 10.8. The van der Waals surface area contributed by atoms with E-state index in [0.29, 0.717) is 31.1 Å². The van der Waals surface area contributed by atoms with Gasteiger partial charge in [0.1, 0.15) is 12.0 Å². The summed E-state index contributed by atoms with van der Waals surface area (Å²) < 4.78 is 7.16. The van der Waals surface area contributed by atoms with Crippen LogP contribution >= 0.6 is 0 Å². The highest BCUT2D eigenvalue weighted by Gasteiger charge is 2.27. The molecule has 0 radical (unpaired) electrons. The van der Waals surface area contributed by atoms with E-state index in [-0.39, 0.29) is 11.9 Å². The summed E-state index contributed by atoms with van der Waals surface area (Å²) in [5.41, 5.74) is 1.29. The number of nitrogens with zero attached hydrogens (tertiary/aromatic N) is 4. The van der Waals surface area contributed by atoms with Crippen LogP contribution in [-0.4, -0.2) is 51.2 Å². The Morgan fingerprint density at radius 3 is 3.26 bits per heavy atom. The summed E-state index contributed by atoms with van der Waals surface area (Å²) in [6, 6.07) is 5.62. The number of rotatable bonds is 2. The van der Waals surface area contributed by atoms with Crippen LogP contribution in [0.3, 0.4) is 0 Å². The smallest absolute Gasteiger partial charge is 0.271 e. The Morgan fingerprint density at radius 1 is 1.53 bits per heavy atom. The monoisotopic (exact) mass is 260 g/mol. The third kappa shape index (κ3) is 2.08. The van der Waals surface area contributed by atoms with Gasteiger partial charge in [-0.2, -0.15) is 0 Å². The largest absolute Gasteiger partial charge is 0.377 e. The lowest BCUT2D eigenvalue weighted by Gasteiger charge is -2.35. The van der Waals surface area contributed by atoms with E-state index >= 15 is 0 Å². The molecular weight excluding hydrogens is 244 g/mol. The number of carbonyl (C=O) groups is 1. The molecule has 1 fully saturated rings. The molecule has 1 amide bonds. The van der Waals surface area contributed by atoms with Crippen molar-refractivity contribution in [3.05, 3.63) is 30.2 Å². The van der Waals surface area contributed by atoms with Crippen LogP contribution in [0.1, 0.15) is 23.8 Å². The second kappa shape index (κ2) is 4.97. The molecule has 2 aromatic heterocycles. The average Bonchev–Trinajstić information content (AvgIpc) is 2.94. The third-order valence-corrected chi connectivity index (χ3v) is 3.51. The lowest BCUT2D eigenvalue weighted by molar-refractivity contribution is -0.00318. The Morgan fingerprint density at radius 2 is 2.42 bits per heavy atom. The molecule has 3 rings (SSSR count). The third-order valence-electron chi connectivity index (χ3n) is 3.51. The van der Waals surface area contributed by atoms with Crippen LogP contribution in [0.5, 0.6) is 0 Å². The van der Waals surface area contributed by atoms with Gasteiger partial charge in [-0.15, -0.1) is 10.2 Å². The van der Waals surface area contributed by atoms with Crippen molar-refractivity contribution in [2.45, 2.75) is 19.4 Å². The zero-order valence-corrected chi connectivity index (χ0v) is 10.8. The molecule has 0 bridgehead atoms. The summed E-state index contributed by atoms with van der Waals surface area (Å²) in [6.45, 7) is 3.91. The zero-order chi connectivity index (χ0) is 13.2. The Balaban J connectivity index is 1.96. The van der Waals surface area contributed by atoms with E-state index in [1.807, 2.05) is 17.0 Å². The summed E-state index contributed by atoms with van der Waals surface area (Å²) in [5, 5.41) is 7.81. The number of carbonyl (C=O) groups excluding carboxylic acids is 1. The Kier molecular flexibility index (Phi) is 3.16. The molecular formula is C13H16N4O2. The standard InChI is InChI=1S/C13H16N4O2/c1-2-10-8-19-7-6-16(10)13(18)11-4-3-5-12-15-14-9-17(11)12/h3-5,9-10H,2,6-8H2,1H3. The molecule has 3 heterocycles. The van der Waals surface area contributed by atoms with Gasteiger partial charge in [0, 0.05) is 6.54 Å². The maximum Gasteiger partial charge on any atom is 0.271 e. The minimum absolute atomic E-state index is 0.0144. The van der Waals surface area contributed by atoms with Crippen LogP contribution < -0.4 is 0 Å². The quantitative estimate of drug-likeness (QED) is 0.807. The van der Waals surface area contributed by atoms with Gasteiger partial charge in [0.2, 0.25) is 0 Å². The molecule has 0 aliphatic carbocycles. The molecule has 6 nitrogen and oxygen atoms in total. The first kappa shape index (κ1) is 12.1. The molecule has 1 aliphatic rings. The van der Waals surface area contributed by atoms with Crippen LogP contribution in [0, 0.1) is 0 Å². The molecule has 6 heteroatoms. The van der Waals surface area contributed by atoms with Crippen molar-refractivity contribution in [2.24, 2.45) is 0 Å². The van der Waals surface area contributed by atoms with Crippen molar-refractivity contribution < 1.29 is 9.53 Å². The van der Waals surface area contributed by atoms with Gasteiger partial charge >= 0.3 is 0 Å². The van der Waals surface area contributed by atoms with Crippen LogP contribution in [0.15, 0.2) is 24.5 Å². The minimum Gasteiger partial charge on any atom is -0.377 e. The predicted octanol–water partition coefficient (Wildman–Crippen LogP) is 0.980. The molecule has 1 aliphatic heterocycles. The highest BCUT2D eigenvalue weighted by Crippen LogP contribution is 2.15. The van der Waals surface area contributed by atoms with Crippen molar-refractivity contribution in [3.8, 4) is 0 Å². The Hall–Kier alpha value is -1.95. The fourth-order valence-electron chi connectivity index (χ4n) is 2.43. The van der Waals surface area contributed by atoms with Gasteiger partial charge in [-0.05, 0) is 18.6 Å². The highest BCUT2D eigenvalue weighted by molar-refractivity contribution is 5.93. The van der Waals surface area contributed by atoms with E-state index in [1.54, 1.807) is 16.8 Å². The molecule has 0 N–H and O–H groups in total. The van der Waals surface area contributed by atoms with E-state index in [0.717, 1.165) is 6.42 Å². The molecule has 19 heavy (non-hydrogen) atoms. The lowest BCUT2D eigenvalue weighted by Crippen LogP contribution is -2.48. The van der Waals surface area contributed by atoms with Crippen LogP contribution in [0.25, 0.3) is 5.65 Å². The van der Waals surface area contributed by atoms with Crippen molar-refractivity contribution >= 4 is 11.6 Å². The maximum atomic E-state index is 12.7. The van der Waals surface area contributed by atoms with Gasteiger partial charge in [-0.25, -0.2) is 0 Å². The summed E-state index contributed by atoms with van der Waals surface area (Å²) >= 11 is 0. The van der Waals surface area contributed by atoms with Gasteiger partial charge in [-0.1, -0.05) is 13.0 Å². The number of amides is 1. The predicted molar refractivity (Wildman–Crippen MR) is 68.9 cm³/mol. The summed E-state index contributed by atoms with van der Waals surface area (Å²) in [6.07, 6.45) is 2.47. The molecule has 1 atom stereocenters. The average molecular weight is 260 g/mol. The number of morpholine rings is 1. The minimum atomic E-state index is 0.0144. The van der Waals surface area contributed by atoms with Crippen molar-refractivity contribution in [1.82, 2.24) is 19.5 Å². The van der Waals surface area contributed by atoms with Crippen molar-refractivity contribution in [3.63, 3.8) is 0 Å². The van der Waals surface area contributed by atoms with Crippen molar-refractivity contribution in [2.75, 3.05) is 19.8 Å². The number of pyridine rings is 1. The van der Waals surface area contributed by atoms with Gasteiger partial charge < -0.3 is 9.64 Å².